The van der Waals surface area contributed by atoms with Crippen LogP contribution >= 0.6 is 23.5 Å². The molecule has 0 N–H and O–H groups in total. The number of nitrogens with zero attached hydrogens (tertiary/aromatic N) is 1. The first-order valence-electron chi connectivity index (χ1n) is 5.35. The van der Waals surface area contributed by atoms with Gasteiger partial charge in [0.15, 0.2) is 0 Å². The molecule has 0 radical (unpaired) electrons. The molecule has 5 heteroatoms. The molecule has 18 heavy (non-hydrogen) atoms. The Morgan fingerprint density at radius 3 is 2.78 bits per heavy atom. The number of ether oxygens (including phenoxy) is 1. The average Bonchev–Trinajstić information content (AvgIpc) is 2.70. The highest BCUT2D eigenvalue weighted by Gasteiger charge is 2.21. The van der Waals surface area contributed by atoms with E-state index < -0.39 is 0 Å². The van der Waals surface area contributed by atoms with Crippen molar-refractivity contribution in [2.45, 2.75) is 6.92 Å². The molecule has 3 nitrogen and oxygen atoms in total. The molecule has 1 aromatic carbocycles. The molecule has 1 aliphatic rings. The second kappa shape index (κ2) is 5.63. The lowest BCUT2D eigenvalue weighted by atomic mass is 10.1. The number of carbonyl (C=O) groups is 1. The first-order chi connectivity index (χ1) is 8.63. The second-order valence-electron chi connectivity index (χ2n) is 3.73. The van der Waals surface area contributed by atoms with E-state index in [1.807, 2.05) is 37.5 Å². The minimum Gasteiger partial charge on any atom is -0.496 e. The van der Waals surface area contributed by atoms with Crippen molar-refractivity contribution in [3.05, 3.63) is 35.0 Å². The number of thioether (sulfide) groups is 2. The van der Waals surface area contributed by atoms with E-state index in [1.165, 1.54) is 23.5 Å². The normalized spacial score (nSPS) is 17.2. The number of hydrogen-bond donors (Lipinski definition) is 0. The molecule has 0 fully saturated rings. The molecule has 94 valence electrons. The summed E-state index contributed by atoms with van der Waals surface area (Å²) < 4.78 is 6.01. The zero-order chi connectivity index (χ0) is 13.1. The van der Waals surface area contributed by atoms with Gasteiger partial charge in [0, 0.05) is 0 Å². The van der Waals surface area contributed by atoms with Crippen LogP contribution in [0.1, 0.15) is 11.1 Å². The van der Waals surface area contributed by atoms with E-state index in [2.05, 4.69) is 4.99 Å². The highest BCUT2D eigenvalue weighted by Crippen LogP contribution is 2.30. The number of aliphatic imine (C=N–C) groups is 1. The van der Waals surface area contributed by atoms with E-state index in [1.54, 1.807) is 7.11 Å². The Bertz CT molecular complexity index is 550. The Morgan fingerprint density at radius 2 is 2.22 bits per heavy atom. The fourth-order valence-corrected chi connectivity index (χ4v) is 2.89. The SMILES string of the molecule is COc1ccc(C=C2N=C(SC)SC2=O)cc1C. The molecule has 0 unspecified atom stereocenters. The van der Waals surface area contributed by atoms with Gasteiger partial charge in [0.05, 0.1) is 7.11 Å². The maximum absolute atomic E-state index is 11.7. The van der Waals surface area contributed by atoms with E-state index in [9.17, 15) is 4.79 Å². The fourth-order valence-electron chi connectivity index (χ4n) is 1.63. The van der Waals surface area contributed by atoms with Crippen LogP contribution in [0.5, 0.6) is 5.75 Å². The van der Waals surface area contributed by atoms with Gasteiger partial charge in [-0.1, -0.05) is 6.07 Å². The van der Waals surface area contributed by atoms with Crippen molar-refractivity contribution in [3.8, 4) is 5.75 Å². The van der Waals surface area contributed by atoms with Crippen LogP contribution in [0.2, 0.25) is 0 Å². The molecule has 0 aromatic heterocycles. The van der Waals surface area contributed by atoms with Gasteiger partial charge in [0.25, 0.3) is 0 Å². The van der Waals surface area contributed by atoms with Crippen LogP contribution in [0.25, 0.3) is 6.08 Å². The molecule has 0 saturated heterocycles. The summed E-state index contributed by atoms with van der Waals surface area (Å²) in [5, 5.41) is 0.00724. The third kappa shape index (κ3) is 2.79. The van der Waals surface area contributed by atoms with Gasteiger partial charge in [-0.2, -0.15) is 0 Å². The van der Waals surface area contributed by atoms with Crippen molar-refractivity contribution >= 4 is 39.1 Å². The number of methoxy groups -OCH3 is 1. The van der Waals surface area contributed by atoms with Gasteiger partial charge in [0.1, 0.15) is 15.8 Å². The van der Waals surface area contributed by atoms with Crippen molar-refractivity contribution in [2.24, 2.45) is 4.99 Å². The minimum atomic E-state index is 0.00724. The number of aryl methyl sites for hydroxylation is 1. The Morgan fingerprint density at radius 1 is 1.44 bits per heavy atom. The summed E-state index contributed by atoms with van der Waals surface area (Å²) in [4.78, 5) is 16.0. The smallest absolute Gasteiger partial charge is 0.244 e. The van der Waals surface area contributed by atoms with Gasteiger partial charge in [-0.3, -0.25) is 4.79 Å². The zero-order valence-corrected chi connectivity index (χ0v) is 12.0. The van der Waals surface area contributed by atoms with Gasteiger partial charge in [-0.05, 0) is 54.3 Å². The van der Waals surface area contributed by atoms with Gasteiger partial charge in [-0.25, -0.2) is 4.99 Å². The van der Waals surface area contributed by atoms with Crippen LogP contribution < -0.4 is 4.74 Å². The molecule has 0 spiro atoms. The lowest BCUT2D eigenvalue weighted by Crippen LogP contribution is -1.90. The van der Waals surface area contributed by atoms with Crippen molar-refractivity contribution in [2.75, 3.05) is 13.4 Å². The molecule has 1 aliphatic heterocycles. The third-order valence-corrected chi connectivity index (χ3v) is 4.35. The highest BCUT2D eigenvalue weighted by atomic mass is 32.2. The van der Waals surface area contributed by atoms with Crippen molar-refractivity contribution in [1.29, 1.82) is 0 Å². The lowest BCUT2D eigenvalue weighted by molar-refractivity contribution is -0.107. The topological polar surface area (TPSA) is 38.7 Å². The van der Waals surface area contributed by atoms with Crippen LogP contribution in [0, 0.1) is 6.92 Å². The minimum absolute atomic E-state index is 0.00724. The summed E-state index contributed by atoms with van der Waals surface area (Å²) in [7, 11) is 1.65. The van der Waals surface area contributed by atoms with Crippen LogP contribution in [-0.2, 0) is 4.79 Å². The quantitative estimate of drug-likeness (QED) is 0.778. The molecule has 1 heterocycles. The van der Waals surface area contributed by atoms with Crippen LogP contribution in [0.4, 0.5) is 0 Å². The highest BCUT2D eigenvalue weighted by molar-refractivity contribution is 8.45. The maximum atomic E-state index is 11.7. The van der Waals surface area contributed by atoms with Gasteiger partial charge >= 0.3 is 0 Å². The predicted octanol–water partition coefficient (Wildman–Crippen LogP) is 3.34. The van der Waals surface area contributed by atoms with Crippen molar-refractivity contribution in [3.63, 3.8) is 0 Å². The van der Waals surface area contributed by atoms with E-state index in [0.29, 0.717) is 5.70 Å². The third-order valence-electron chi connectivity index (χ3n) is 2.50. The molecule has 2 rings (SSSR count). The Kier molecular flexibility index (Phi) is 4.14. The van der Waals surface area contributed by atoms with Crippen LogP contribution in [0.15, 0.2) is 28.9 Å². The van der Waals surface area contributed by atoms with E-state index in [4.69, 9.17) is 4.74 Å². The fraction of sp³-hybridized carbons (Fsp3) is 0.231. The Labute approximate surface area is 115 Å². The van der Waals surface area contributed by atoms with Gasteiger partial charge in [-0.15, -0.1) is 11.8 Å². The summed E-state index contributed by atoms with van der Waals surface area (Å²) in [6.45, 7) is 1.97. The standard InChI is InChI=1S/C13H13NO2S2/c1-8-6-9(4-5-11(8)16-2)7-10-12(15)18-13(14-10)17-3/h4-7H,1-3H3. The molecule has 0 aliphatic carbocycles. The zero-order valence-electron chi connectivity index (χ0n) is 10.4. The van der Waals surface area contributed by atoms with Crippen molar-refractivity contribution < 1.29 is 9.53 Å². The van der Waals surface area contributed by atoms with Crippen molar-refractivity contribution in [1.82, 2.24) is 0 Å². The Hall–Kier alpha value is -1.20. The molecular formula is C13H13NO2S2. The number of hydrogen-bond acceptors (Lipinski definition) is 5. The summed E-state index contributed by atoms with van der Waals surface area (Å²) in [5.74, 6) is 0.845. The molecule has 0 bridgehead atoms. The maximum Gasteiger partial charge on any atom is 0.244 e. The monoisotopic (exact) mass is 279 g/mol. The predicted molar refractivity (Wildman–Crippen MR) is 79.3 cm³/mol. The van der Waals surface area contributed by atoms with Gasteiger partial charge < -0.3 is 4.74 Å². The number of carbonyl (C=O) groups excluding carboxylic acids is 1. The first-order valence-corrected chi connectivity index (χ1v) is 7.39. The molecule has 0 amide bonds. The summed E-state index contributed by atoms with van der Waals surface area (Å²) in [6.07, 6.45) is 3.73. The first kappa shape index (κ1) is 13.2. The van der Waals surface area contributed by atoms with Crippen LogP contribution in [0.3, 0.4) is 0 Å². The summed E-state index contributed by atoms with van der Waals surface area (Å²) in [6, 6.07) is 5.80. The number of benzene rings is 1. The number of rotatable bonds is 2. The second-order valence-corrected chi connectivity index (χ2v) is 5.74. The van der Waals surface area contributed by atoms with Gasteiger partial charge in [0.2, 0.25) is 5.12 Å². The molecule has 0 saturated carbocycles. The van der Waals surface area contributed by atoms with E-state index >= 15 is 0 Å². The lowest BCUT2D eigenvalue weighted by Gasteiger charge is -2.04. The summed E-state index contributed by atoms with van der Waals surface area (Å²) >= 11 is 2.68. The Balaban J connectivity index is 2.31. The average molecular weight is 279 g/mol. The summed E-state index contributed by atoms with van der Waals surface area (Å²) in [5.41, 5.74) is 2.51. The van der Waals surface area contributed by atoms with E-state index in [0.717, 1.165) is 21.3 Å². The van der Waals surface area contributed by atoms with E-state index in [-0.39, 0.29) is 5.12 Å². The molecule has 0 atom stereocenters. The molecular weight excluding hydrogens is 266 g/mol. The molecule has 1 aromatic rings. The largest absolute Gasteiger partial charge is 0.496 e. The van der Waals surface area contributed by atoms with Crippen LogP contribution in [-0.4, -0.2) is 22.9 Å².